The Labute approximate surface area is 196 Å². The van der Waals surface area contributed by atoms with E-state index in [2.05, 4.69) is 50.4 Å². The summed E-state index contributed by atoms with van der Waals surface area (Å²) in [6, 6.07) is 14.6. The molecule has 1 aliphatic carbocycles. The molecule has 32 heavy (non-hydrogen) atoms. The van der Waals surface area contributed by atoms with Gasteiger partial charge in [-0.2, -0.15) is 0 Å². The molecule has 0 bridgehead atoms. The first kappa shape index (κ1) is 22.9. The zero-order valence-electron chi connectivity index (χ0n) is 19.6. The maximum atomic E-state index is 13.7. The van der Waals surface area contributed by atoms with Crippen molar-refractivity contribution in [3.05, 3.63) is 59.2 Å². The number of hydrogen-bond acceptors (Lipinski definition) is 3. The first-order chi connectivity index (χ1) is 15.3. The standard InChI is InChI=1S/C27H34N2O2S/c1-17-13-14-18(2)21(15-17)16-29-23-11-7-8-12-24(23)32-25(27(29)31)20(4)26(30)28-22-10-6-5-9-19(22)3/h7-8,11-15,19-20,22,25H,5-6,9-10,16H2,1-4H3,(H,28,30)/t19-,20+,22-,25+/m1/s1. The van der Waals surface area contributed by atoms with Gasteiger partial charge in [0.1, 0.15) is 5.25 Å². The van der Waals surface area contributed by atoms with Gasteiger partial charge in [0.25, 0.3) is 0 Å². The van der Waals surface area contributed by atoms with E-state index in [0.29, 0.717) is 12.5 Å². The summed E-state index contributed by atoms with van der Waals surface area (Å²) < 4.78 is 0. The van der Waals surface area contributed by atoms with E-state index in [0.717, 1.165) is 35.4 Å². The van der Waals surface area contributed by atoms with Crippen molar-refractivity contribution in [1.82, 2.24) is 5.32 Å². The van der Waals surface area contributed by atoms with Crippen LogP contribution in [-0.4, -0.2) is 23.1 Å². The van der Waals surface area contributed by atoms with Crippen LogP contribution in [0.5, 0.6) is 0 Å². The quantitative estimate of drug-likeness (QED) is 0.641. The molecule has 170 valence electrons. The van der Waals surface area contributed by atoms with Crippen LogP contribution in [-0.2, 0) is 16.1 Å². The Bertz CT molecular complexity index is 1000. The van der Waals surface area contributed by atoms with Crippen LogP contribution in [0, 0.1) is 25.7 Å². The minimum Gasteiger partial charge on any atom is -0.353 e. The molecule has 5 heteroatoms. The monoisotopic (exact) mass is 450 g/mol. The van der Waals surface area contributed by atoms with E-state index < -0.39 is 11.2 Å². The minimum atomic E-state index is -0.422. The smallest absolute Gasteiger partial charge is 0.241 e. The lowest BCUT2D eigenvalue weighted by atomic mass is 9.85. The normalized spacial score (nSPS) is 24.1. The summed E-state index contributed by atoms with van der Waals surface area (Å²) in [5.41, 5.74) is 4.44. The number of nitrogens with zero attached hydrogens (tertiary/aromatic N) is 1. The minimum absolute atomic E-state index is 0.000618. The van der Waals surface area contributed by atoms with Crippen molar-refractivity contribution in [3.63, 3.8) is 0 Å². The second-order valence-corrected chi connectivity index (χ2v) is 10.7. The number of thioether (sulfide) groups is 1. The van der Waals surface area contributed by atoms with Crippen LogP contribution in [0.25, 0.3) is 0 Å². The van der Waals surface area contributed by atoms with E-state index in [1.54, 1.807) is 0 Å². The molecule has 0 aromatic heterocycles. The van der Waals surface area contributed by atoms with E-state index in [1.165, 1.54) is 29.3 Å². The first-order valence-corrected chi connectivity index (χ1v) is 12.7. The van der Waals surface area contributed by atoms with Crippen LogP contribution in [0.2, 0.25) is 0 Å². The van der Waals surface area contributed by atoms with E-state index in [4.69, 9.17) is 0 Å². The fraction of sp³-hybridized carbons (Fsp3) is 0.481. The topological polar surface area (TPSA) is 49.4 Å². The second-order valence-electron chi connectivity index (χ2n) is 9.53. The summed E-state index contributed by atoms with van der Waals surface area (Å²) in [5, 5.41) is 2.85. The van der Waals surface area contributed by atoms with Gasteiger partial charge in [-0.3, -0.25) is 9.59 Å². The van der Waals surface area contributed by atoms with Gasteiger partial charge < -0.3 is 10.2 Å². The molecular formula is C27H34N2O2S. The maximum absolute atomic E-state index is 13.7. The molecule has 2 aromatic carbocycles. The molecule has 2 amide bonds. The molecule has 1 N–H and O–H groups in total. The third-order valence-corrected chi connectivity index (χ3v) is 8.52. The first-order valence-electron chi connectivity index (χ1n) is 11.8. The van der Waals surface area contributed by atoms with Gasteiger partial charge in [-0.15, -0.1) is 11.8 Å². The number of hydrogen-bond donors (Lipinski definition) is 1. The molecule has 2 aromatic rings. The van der Waals surface area contributed by atoms with Crippen molar-refractivity contribution in [2.45, 2.75) is 76.1 Å². The van der Waals surface area contributed by atoms with Crippen molar-refractivity contribution >= 4 is 29.3 Å². The Kier molecular flexibility index (Phi) is 6.94. The number of fused-ring (bicyclic) bond motifs is 1. The summed E-state index contributed by atoms with van der Waals surface area (Å²) in [4.78, 5) is 29.8. The highest BCUT2D eigenvalue weighted by molar-refractivity contribution is 8.01. The predicted octanol–water partition coefficient (Wildman–Crippen LogP) is 5.64. The Hall–Kier alpha value is -2.27. The lowest BCUT2D eigenvalue weighted by Gasteiger charge is -2.37. The molecule has 1 heterocycles. The number of carbonyl (C=O) groups excluding carboxylic acids is 2. The predicted molar refractivity (Wildman–Crippen MR) is 132 cm³/mol. The van der Waals surface area contributed by atoms with Crippen LogP contribution in [0.15, 0.2) is 47.4 Å². The third kappa shape index (κ3) is 4.73. The summed E-state index contributed by atoms with van der Waals surface area (Å²) in [6.07, 6.45) is 4.60. The Balaban J connectivity index is 1.58. The zero-order valence-corrected chi connectivity index (χ0v) is 20.4. The molecule has 4 nitrogen and oxygen atoms in total. The fourth-order valence-corrected chi connectivity index (χ4v) is 6.13. The molecule has 0 unspecified atom stereocenters. The molecule has 0 spiro atoms. The summed E-state index contributed by atoms with van der Waals surface area (Å²) in [5.74, 6) is 0.127. The largest absolute Gasteiger partial charge is 0.353 e. The number of anilines is 1. The highest BCUT2D eigenvalue weighted by atomic mass is 32.2. The lowest BCUT2D eigenvalue weighted by Crippen LogP contribution is -2.50. The van der Waals surface area contributed by atoms with Crippen molar-refractivity contribution in [3.8, 4) is 0 Å². The second kappa shape index (κ2) is 9.70. The van der Waals surface area contributed by atoms with Crippen LogP contribution in [0.1, 0.15) is 56.2 Å². The van der Waals surface area contributed by atoms with Crippen LogP contribution >= 0.6 is 11.8 Å². The van der Waals surface area contributed by atoms with Gasteiger partial charge in [0, 0.05) is 10.9 Å². The van der Waals surface area contributed by atoms with E-state index >= 15 is 0 Å². The van der Waals surface area contributed by atoms with E-state index in [9.17, 15) is 9.59 Å². The number of aryl methyl sites for hydroxylation is 2. The van der Waals surface area contributed by atoms with Crippen LogP contribution < -0.4 is 10.2 Å². The lowest BCUT2D eigenvalue weighted by molar-refractivity contribution is -0.129. The van der Waals surface area contributed by atoms with Gasteiger partial charge >= 0.3 is 0 Å². The number of rotatable bonds is 5. The zero-order chi connectivity index (χ0) is 22.8. The molecule has 1 fully saturated rings. The molecule has 4 rings (SSSR count). The van der Waals surface area contributed by atoms with Gasteiger partial charge in [-0.05, 0) is 55.9 Å². The number of benzene rings is 2. The van der Waals surface area contributed by atoms with Gasteiger partial charge in [-0.1, -0.05) is 62.6 Å². The SMILES string of the molecule is Cc1ccc(C)c(CN2C(=O)[C@H]([C@H](C)C(=O)N[C@@H]3CCCC[C@H]3C)Sc3ccccc32)c1. The van der Waals surface area contributed by atoms with Gasteiger partial charge in [0.15, 0.2) is 0 Å². The molecule has 2 aliphatic rings. The molecule has 1 saturated carbocycles. The van der Waals surface area contributed by atoms with Gasteiger partial charge in [0.05, 0.1) is 18.2 Å². The fourth-order valence-electron chi connectivity index (χ4n) is 4.84. The Morgan fingerprint density at radius 2 is 1.91 bits per heavy atom. The summed E-state index contributed by atoms with van der Waals surface area (Å²) in [7, 11) is 0. The maximum Gasteiger partial charge on any atom is 0.241 e. The van der Waals surface area contributed by atoms with Crippen molar-refractivity contribution in [1.29, 1.82) is 0 Å². The molecule has 4 atom stereocenters. The average Bonchev–Trinajstić information content (AvgIpc) is 2.78. The highest BCUT2D eigenvalue weighted by Crippen LogP contribution is 2.42. The molecular weight excluding hydrogens is 416 g/mol. The number of carbonyl (C=O) groups is 2. The average molecular weight is 451 g/mol. The number of para-hydroxylation sites is 1. The summed E-state index contributed by atoms with van der Waals surface area (Å²) >= 11 is 1.53. The highest BCUT2D eigenvalue weighted by Gasteiger charge is 2.40. The molecule has 1 aliphatic heterocycles. The van der Waals surface area contributed by atoms with Crippen LogP contribution in [0.4, 0.5) is 5.69 Å². The number of amides is 2. The van der Waals surface area contributed by atoms with Crippen molar-refractivity contribution in [2.24, 2.45) is 11.8 Å². The summed E-state index contributed by atoms with van der Waals surface area (Å²) in [6.45, 7) is 8.81. The van der Waals surface area contributed by atoms with Crippen molar-refractivity contribution in [2.75, 3.05) is 4.90 Å². The Morgan fingerprint density at radius 1 is 1.16 bits per heavy atom. The van der Waals surface area contributed by atoms with E-state index in [1.807, 2.05) is 30.0 Å². The molecule has 0 saturated heterocycles. The van der Waals surface area contributed by atoms with Gasteiger partial charge in [0.2, 0.25) is 11.8 Å². The molecule has 0 radical (unpaired) electrons. The van der Waals surface area contributed by atoms with Crippen LogP contribution in [0.3, 0.4) is 0 Å². The number of nitrogens with one attached hydrogen (secondary N) is 1. The van der Waals surface area contributed by atoms with Gasteiger partial charge in [-0.25, -0.2) is 0 Å². The third-order valence-electron chi connectivity index (χ3n) is 7.06. The Morgan fingerprint density at radius 3 is 2.69 bits per heavy atom. The van der Waals surface area contributed by atoms with Crippen molar-refractivity contribution < 1.29 is 9.59 Å². The van der Waals surface area contributed by atoms with E-state index in [-0.39, 0.29) is 17.9 Å².